The van der Waals surface area contributed by atoms with Crippen LogP contribution in [0.3, 0.4) is 0 Å². The van der Waals surface area contributed by atoms with Crippen LogP contribution in [0, 0.1) is 0 Å². The molecule has 0 unspecified atom stereocenters. The van der Waals surface area contributed by atoms with Gasteiger partial charge in [-0.3, -0.25) is 9.36 Å². The van der Waals surface area contributed by atoms with Crippen molar-refractivity contribution in [3.8, 4) is 11.5 Å². The van der Waals surface area contributed by atoms with Gasteiger partial charge in [-0.15, -0.1) is 0 Å². The van der Waals surface area contributed by atoms with Gasteiger partial charge in [0.2, 0.25) is 6.41 Å². The summed E-state index contributed by atoms with van der Waals surface area (Å²) < 4.78 is 1.44. The molecular formula is C7H5N3O. The number of rotatable bonds is 1. The molecule has 2 heterocycles. The van der Waals surface area contributed by atoms with Crippen LogP contribution in [0.1, 0.15) is 0 Å². The predicted molar refractivity (Wildman–Crippen MR) is 38.8 cm³/mol. The Morgan fingerprint density at radius 3 is 3.00 bits per heavy atom. The number of hydrogen-bond acceptors (Lipinski definition) is 3. The van der Waals surface area contributed by atoms with Gasteiger partial charge in [-0.1, -0.05) is 0 Å². The average molecular weight is 147 g/mol. The molecule has 4 nitrogen and oxygen atoms in total. The molecule has 0 spiro atoms. The molecule has 2 aliphatic rings. The minimum Gasteiger partial charge on any atom is -0.285 e. The van der Waals surface area contributed by atoms with E-state index in [1.807, 2.05) is 0 Å². The van der Waals surface area contributed by atoms with Crippen LogP contribution in [0.5, 0.6) is 0 Å². The standard InChI is InChI=1S/C7H5N3O/c11-5-10-4-3-9-7-6(10)1-2-8-7/h1-5H. The fraction of sp³-hybridized carbons (Fsp3) is 0. The van der Waals surface area contributed by atoms with Crippen LogP contribution in [0.4, 0.5) is 0 Å². The summed E-state index contributed by atoms with van der Waals surface area (Å²) in [6.45, 7) is 0. The first-order chi connectivity index (χ1) is 5.42. The Hall–Kier alpha value is -1.71. The highest BCUT2D eigenvalue weighted by Crippen LogP contribution is 2.13. The third-order valence-electron chi connectivity index (χ3n) is 1.47. The molecule has 2 rings (SSSR count). The molecular weight excluding hydrogens is 142 g/mol. The van der Waals surface area contributed by atoms with Gasteiger partial charge >= 0.3 is 0 Å². The second-order valence-corrected chi connectivity index (χ2v) is 2.09. The molecule has 11 heavy (non-hydrogen) atoms. The van der Waals surface area contributed by atoms with Gasteiger partial charge in [0.25, 0.3) is 0 Å². The van der Waals surface area contributed by atoms with Gasteiger partial charge in [0.05, 0.1) is 5.69 Å². The lowest BCUT2D eigenvalue weighted by atomic mass is 10.4. The van der Waals surface area contributed by atoms with Crippen LogP contribution >= 0.6 is 0 Å². The first-order valence-electron chi connectivity index (χ1n) is 3.14. The van der Waals surface area contributed by atoms with Crippen LogP contribution in [0.25, 0.3) is 11.5 Å². The summed E-state index contributed by atoms with van der Waals surface area (Å²) >= 11 is 0. The molecule has 0 aromatic carbocycles. The molecule has 0 aromatic rings. The number of carbonyl (C=O) groups excluding carboxylic acids is 1. The van der Waals surface area contributed by atoms with E-state index in [0.29, 0.717) is 5.82 Å². The number of fused-ring (bicyclic) bond motifs is 1. The SMILES string of the molecule is O=Cn1ccnc2nccc1-2. The molecule has 0 saturated heterocycles. The largest absolute Gasteiger partial charge is 0.285 e. The summed E-state index contributed by atoms with van der Waals surface area (Å²) in [6, 6.07) is 1.75. The first-order valence-corrected chi connectivity index (χ1v) is 3.14. The quantitative estimate of drug-likeness (QED) is 0.549. The predicted octanol–water partition coefficient (Wildman–Crippen LogP) is 0.421. The number of nitrogens with zero attached hydrogens (tertiary/aromatic N) is 3. The fourth-order valence-electron chi connectivity index (χ4n) is 0.968. The molecule has 54 valence electrons. The third kappa shape index (κ3) is 0.797. The number of carbonyl (C=O) groups is 1. The van der Waals surface area contributed by atoms with Gasteiger partial charge in [-0.25, -0.2) is 9.97 Å². The molecule has 0 fully saturated rings. The topological polar surface area (TPSA) is 47.8 Å². The molecule has 2 aliphatic heterocycles. The summed E-state index contributed by atoms with van der Waals surface area (Å²) in [5.74, 6) is 0.597. The van der Waals surface area contributed by atoms with Crippen LogP contribution in [0.15, 0.2) is 24.7 Å². The monoisotopic (exact) mass is 147 g/mol. The van der Waals surface area contributed by atoms with Crippen molar-refractivity contribution in [2.75, 3.05) is 0 Å². The zero-order valence-corrected chi connectivity index (χ0v) is 5.64. The maximum atomic E-state index is 10.4. The van der Waals surface area contributed by atoms with E-state index in [4.69, 9.17) is 0 Å². The highest BCUT2D eigenvalue weighted by molar-refractivity contribution is 5.64. The average Bonchev–Trinajstić information content (AvgIpc) is 2.50. The second-order valence-electron chi connectivity index (χ2n) is 2.09. The summed E-state index contributed by atoms with van der Waals surface area (Å²) in [5, 5.41) is 0. The Morgan fingerprint density at radius 2 is 2.18 bits per heavy atom. The highest BCUT2D eigenvalue weighted by Gasteiger charge is 2.06. The van der Waals surface area contributed by atoms with Crippen LogP contribution in [-0.4, -0.2) is 20.9 Å². The number of aromatic nitrogens is 3. The summed E-state index contributed by atoms with van der Waals surface area (Å²) in [5.41, 5.74) is 0.738. The molecule has 0 bridgehead atoms. The lowest BCUT2D eigenvalue weighted by Gasteiger charge is -2.00. The van der Waals surface area contributed by atoms with E-state index in [1.165, 1.54) is 4.57 Å². The highest BCUT2D eigenvalue weighted by atomic mass is 16.1. The van der Waals surface area contributed by atoms with E-state index in [-0.39, 0.29) is 0 Å². The van der Waals surface area contributed by atoms with E-state index >= 15 is 0 Å². The Labute approximate surface area is 62.9 Å². The Kier molecular flexibility index (Phi) is 1.18. The van der Waals surface area contributed by atoms with Gasteiger partial charge in [0, 0.05) is 18.6 Å². The smallest absolute Gasteiger partial charge is 0.218 e. The zero-order valence-electron chi connectivity index (χ0n) is 5.64. The third-order valence-corrected chi connectivity index (χ3v) is 1.47. The van der Waals surface area contributed by atoms with Gasteiger partial charge in [-0.2, -0.15) is 0 Å². The van der Waals surface area contributed by atoms with Crippen molar-refractivity contribution in [1.29, 1.82) is 0 Å². The molecule has 0 amide bonds. The van der Waals surface area contributed by atoms with Gasteiger partial charge in [0.1, 0.15) is 0 Å². The molecule has 0 aromatic heterocycles. The fourth-order valence-corrected chi connectivity index (χ4v) is 0.968. The number of hydrogen-bond donors (Lipinski definition) is 0. The van der Waals surface area contributed by atoms with E-state index in [1.54, 1.807) is 24.7 Å². The van der Waals surface area contributed by atoms with Crippen molar-refractivity contribution < 1.29 is 4.79 Å². The molecule has 0 atom stereocenters. The van der Waals surface area contributed by atoms with Gasteiger partial charge < -0.3 is 0 Å². The molecule has 4 heteroatoms. The molecule has 0 aliphatic carbocycles. The summed E-state index contributed by atoms with van der Waals surface area (Å²) in [6.07, 6.45) is 5.49. The van der Waals surface area contributed by atoms with Crippen molar-refractivity contribution in [1.82, 2.24) is 14.5 Å². The van der Waals surface area contributed by atoms with E-state index < -0.39 is 0 Å². The van der Waals surface area contributed by atoms with Crippen LogP contribution in [0.2, 0.25) is 0 Å². The van der Waals surface area contributed by atoms with E-state index in [9.17, 15) is 4.79 Å². The normalized spacial score (nSPS) is 10.2. The molecule has 0 saturated carbocycles. The Morgan fingerprint density at radius 1 is 1.36 bits per heavy atom. The minimum absolute atomic E-state index is 0.597. The zero-order chi connectivity index (χ0) is 7.68. The maximum absolute atomic E-state index is 10.4. The minimum atomic E-state index is 0.597. The van der Waals surface area contributed by atoms with Crippen LogP contribution < -0.4 is 0 Å². The lowest BCUT2D eigenvalue weighted by Crippen LogP contribution is -2.00. The maximum Gasteiger partial charge on any atom is 0.218 e. The second kappa shape index (κ2) is 2.16. The van der Waals surface area contributed by atoms with E-state index in [0.717, 1.165) is 12.1 Å². The summed E-state index contributed by atoms with van der Waals surface area (Å²) in [7, 11) is 0. The van der Waals surface area contributed by atoms with Crippen molar-refractivity contribution in [3.63, 3.8) is 0 Å². The Bertz CT molecular complexity index is 355. The van der Waals surface area contributed by atoms with Gasteiger partial charge in [-0.05, 0) is 6.07 Å². The van der Waals surface area contributed by atoms with Crippen molar-refractivity contribution in [3.05, 3.63) is 24.7 Å². The molecule has 0 N–H and O–H groups in total. The molecule has 0 radical (unpaired) electrons. The first kappa shape index (κ1) is 6.03. The van der Waals surface area contributed by atoms with Crippen molar-refractivity contribution in [2.24, 2.45) is 0 Å². The van der Waals surface area contributed by atoms with Crippen molar-refractivity contribution >= 4 is 6.41 Å². The van der Waals surface area contributed by atoms with Crippen molar-refractivity contribution in [2.45, 2.75) is 0 Å². The van der Waals surface area contributed by atoms with Crippen LogP contribution in [-0.2, 0) is 4.79 Å². The van der Waals surface area contributed by atoms with E-state index in [2.05, 4.69) is 9.97 Å². The van der Waals surface area contributed by atoms with Gasteiger partial charge in [0.15, 0.2) is 5.82 Å². The lowest BCUT2D eigenvalue weighted by molar-refractivity contribution is 0.547. The Balaban J connectivity index is 2.75. The summed E-state index contributed by atoms with van der Waals surface area (Å²) in [4.78, 5) is 18.3.